The van der Waals surface area contributed by atoms with E-state index in [1.165, 1.54) is 10.8 Å². The van der Waals surface area contributed by atoms with E-state index in [4.69, 9.17) is 9.84 Å². The zero-order chi connectivity index (χ0) is 14.7. The van der Waals surface area contributed by atoms with Crippen molar-refractivity contribution >= 4 is 0 Å². The molecule has 0 bridgehead atoms. The van der Waals surface area contributed by atoms with Crippen molar-refractivity contribution in [1.82, 2.24) is 9.55 Å². The minimum atomic E-state index is -0.817. The Bertz CT molecular complexity index is 565. The summed E-state index contributed by atoms with van der Waals surface area (Å²) in [6.07, 6.45) is 1.93. The molecule has 0 aliphatic carbocycles. The Labute approximate surface area is 115 Å². The van der Waals surface area contributed by atoms with Crippen LogP contribution in [0, 0.1) is 0 Å². The van der Waals surface area contributed by atoms with Gasteiger partial charge in [0.1, 0.15) is 12.3 Å². The number of rotatable bonds is 5. The molecule has 1 aliphatic heterocycles. The number of aromatic nitrogens is 2. The molecule has 0 amide bonds. The molecule has 1 fully saturated rings. The number of aromatic amines is 1. The summed E-state index contributed by atoms with van der Waals surface area (Å²) in [5.41, 5.74) is -0.417. The average Bonchev–Trinajstić information content (AvgIpc) is 2.79. The second-order valence-corrected chi connectivity index (χ2v) is 5.04. The molecule has 1 aromatic heterocycles. The van der Waals surface area contributed by atoms with Crippen molar-refractivity contribution in [3.05, 3.63) is 32.6 Å². The number of H-pyrrole nitrogens is 1. The first-order valence-electron chi connectivity index (χ1n) is 6.85. The van der Waals surface area contributed by atoms with Gasteiger partial charge in [-0.3, -0.25) is 14.3 Å². The Hall–Kier alpha value is -1.44. The molecule has 1 unspecified atom stereocenters. The Morgan fingerprint density at radius 2 is 2.25 bits per heavy atom. The zero-order valence-corrected chi connectivity index (χ0v) is 11.4. The topological polar surface area (TPSA) is 105 Å². The fourth-order valence-electron chi connectivity index (χ4n) is 2.34. The van der Waals surface area contributed by atoms with Crippen molar-refractivity contribution in [2.24, 2.45) is 0 Å². The summed E-state index contributed by atoms with van der Waals surface area (Å²) < 4.78 is 6.71. The molecule has 2 rings (SSSR count). The molecule has 2 heterocycles. The molecule has 3 N–H and O–H groups in total. The van der Waals surface area contributed by atoms with Crippen molar-refractivity contribution in [2.45, 2.75) is 51.0 Å². The van der Waals surface area contributed by atoms with Gasteiger partial charge in [-0.05, 0) is 12.8 Å². The van der Waals surface area contributed by atoms with Crippen molar-refractivity contribution in [1.29, 1.82) is 0 Å². The number of ether oxygens (including phenoxy) is 1. The van der Waals surface area contributed by atoms with E-state index in [2.05, 4.69) is 4.98 Å². The smallest absolute Gasteiger partial charge is 0.330 e. The standard InChI is InChI=1S/C13H20N2O5/c1-2-3-4-8-6-15(13(19)14-12(8)18)11-5-9(17)10(7-16)20-11/h6,9-11,16-17H,2-5,7H2,1H3,(H,14,18,19)/t9?,10-,11-/m1/s1. The van der Waals surface area contributed by atoms with Gasteiger partial charge in [0.25, 0.3) is 5.56 Å². The highest BCUT2D eigenvalue weighted by Crippen LogP contribution is 2.27. The molecule has 20 heavy (non-hydrogen) atoms. The van der Waals surface area contributed by atoms with Gasteiger partial charge in [0.15, 0.2) is 0 Å². The van der Waals surface area contributed by atoms with E-state index >= 15 is 0 Å². The molecule has 0 spiro atoms. The molecule has 1 saturated heterocycles. The summed E-state index contributed by atoms with van der Waals surface area (Å²) in [5.74, 6) is 0. The third-order valence-electron chi connectivity index (χ3n) is 3.54. The third kappa shape index (κ3) is 3.00. The van der Waals surface area contributed by atoms with Crippen LogP contribution in [0.1, 0.15) is 38.0 Å². The predicted molar refractivity (Wildman–Crippen MR) is 71.6 cm³/mol. The van der Waals surface area contributed by atoms with Gasteiger partial charge in [-0.25, -0.2) is 4.79 Å². The van der Waals surface area contributed by atoms with Gasteiger partial charge in [-0.15, -0.1) is 0 Å². The summed E-state index contributed by atoms with van der Waals surface area (Å²) in [6, 6.07) is 0. The maximum atomic E-state index is 11.8. The van der Waals surface area contributed by atoms with Crippen LogP contribution in [0.5, 0.6) is 0 Å². The van der Waals surface area contributed by atoms with E-state index in [9.17, 15) is 14.7 Å². The number of aliphatic hydroxyl groups is 2. The maximum absolute atomic E-state index is 11.8. The molecule has 7 nitrogen and oxygen atoms in total. The van der Waals surface area contributed by atoms with Crippen LogP contribution in [-0.2, 0) is 11.2 Å². The summed E-state index contributed by atoms with van der Waals surface area (Å²) in [6.45, 7) is 1.71. The first kappa shape index (κ1) is 15.0. The van der Waals surface area contributed by atoms with Crippen LogP contribution in [0.2, 0.25) is 0 Å². The Morgan fingerprint density at radius 1 is 1.50 bits per heavy atom. The average molecular weight is 284 g/mol. The number of hydrogen-bond donors (Lipinski definition) is 3. The van der Waals surface area contributed by atoms with Gasteiger partial charge in [-0.1, -0.05) is 13.3 Å². The van der Waals surface area contributed by atoms with Gasteiger partial charge >= 0.3 is 5.69 Å². The number of aryl methyl sites for hydroxylation is 1. The number of aliphatic hydroxyl groups excluding tert-OH is 2. The molecule has 1 aromatic rings. The third-order valence-corrected chi connectivity index (χ3v) is 3.54. The monoisotopic (exact) mass is 284 g/mol. The second-order valence-electron chi connectivity index (χ2n) is 5.04. The highest BCUT2D eigenvalue weighted by atomic mass is 16.5. The molecule has 7 heteroatoms. The lowest BCUT2D eigenvalue weighted by molar-refractivity contribution is -0.0460. The van der Waals surface area contributed by atoms with Gasteiger partial charge in [-0.2, -0.15) is 0 Å². The van der Waals surface area contributed by atoms with Crippen LogP contribution in [0.15, 0.2) is 15.8 Å². The van der Waals surface area contributed by atoms with E-state index in [1.807, 2.05) is 6.92 Å². The van der Waals surface area contributed by atoms with Gasteiger partial charge < -0.3 is 14.9 Å². The van der Waals surface area contributed by atoms with E-state index in [1.54, 1.807) is 0 Å². The van der Waals surface area contributed by atoms with E-state index in [0.717, 1.165) is 12.8 Å². The lowest BCUT2D eigenvalue weighted by Crippen LogP contribution is -2.34. The highest BCUT2D eigenvalue weighted by Gasteiger charge is 2.35. The molecule has 3 atom stereocenters. The predicted octanol–water partition coefficient (Wildman–Crippen LogP) is -0.480. The molecular weight excluding hydrogens is 264 g/mol. The van der Waals surface area contributed by atoms with Crippen LogP contribution in [0.4, 0.5) is 0 Å². The Morgan fingerprint density at radius 3 is 2.85 bits per heavy atom. The lowest BCUT2D eigenvalue weighted by Gasteiger charge is -2.15. The van der Waals surface area contributed by atoms with Crippen LogP contribution in [-0.4, -0.2) is 38.6 Å². The number of nitrogens with one attached hydrogen (secondary N) is 1. The fourth-order valence-corrected chi connectivity index (χ4v) is 2.34. The van der Waals surface area contributed by atoms with Crippen LogP contribution < -0.4 is 11.2 Å². The van der Waals surface area contributed by atoms with E-state index < -0.39 is 24.1 Å². The first-order chi connectivity index (χ1) is 9.56. The van der Waals surface area contributed by atoms with Crippen LogP contribution in [0.25, 0.3) is 0 Å². The zero-order valence-electron chi connectivity index (χ0n) is 11.4. The number of unbranched alkanes of at least 4 members (excludes halogenated alkanes) is 1. The van der Waals surface area contributed by atoms with Crippen molar-refractivity contribution < 1.29 is 14.9 Å². The lowest BCUT2D eigenvalue weighted by atomic mass is 10.1. The Balaban J connectivity index is 2.28. The summed E-state index contributed by atoms with van der Waals surface area (Å²) in [5, 5.41) is 18.8. The minimum Gasteiger partial charge on any atom is -0.394 e. The van der Waals surface area contributed by atoms with Crippen LogP contribution >= 0.6 is 0 Å². The van der Waals surface area contributed by atoms with Crippen molar-refractivity contribution in [3.8, 4) is 0 Å². The molecular formula is C13H20N2O5. The summed E-state index contributed by atoms with van der Waals surface area (Å²) >= 11 is 0. The largest absolute Gasteiger partial charge is 0.394 e. The summed E-state index contributed by atoms with van der Waals surface area (Å²) in [4.78, 5) is 25.8. The van der Waals surface area contributed by atoms with Gasteiger partial charge in [0.2, 0.25) is 0 Å². The van der Waals surface area contributed by atoms with E-state index in [-0.39, 0.29) is 18.6 Å². The van der Waals surface area contributed by atoms with Gasteiger partial charge in [0.05, 0.1) is 12.7 Å². The normalized spacial score (nSPS) is 26.1. The molecule has 0 radical (unpaired) electrons. The van der Waals surface area contributed by atoms with Crippen molar-refractivity contribution in [3.63, 3.8) is 0 Å². The SMILES string of the molecule is CCCCc1cn([C@H]2CC(O)[C@@H](CO)O2)c(=O)[nH]c1=O. The molecule has 0 aromatic carbocycles. The highest BCUT2D eigenvalue weighted by molar-refractivity contribution is 5.05. The minimum absolute atomic E-state index is 0.213. The molecule has 0 saturated carbocycles. The second kappa shape index (κ2) is 6.34. The quantitative estimate of drug-likeness (QED) is 0.677. The van der Waals surface area contributed by atoms with Crippen molar-refractivity contribution in [2.75, 3.05) is 6.61 Å². The number of nitrogens with zero attached hydrogens (tertiary/aromatic N) is 1. The number of hydrogen-bond acceptors (Lipinski definition) is 5. The van der Waals surface area contributed by atoms with Crippen LogP contribution in [0.3, 0.4) is 0 Å². The van der Waals surface area contributed by atoms with E-state index in [0.29, 0.717) is 12.0 Å². The van der Waals surface area contributed by atoms with Gasteiger partial charge in [0, 0.05) is 18.2 Å². The summed E-state index contributed by atoms with van der Waals surface area (Å²) in [7, 11) is 0. The molecule has 112 valence electrons. The fraction of sp³-hybridized carbons (Fsp3) is 0.692. The molecule has 1 aliphatic rings. The Kier molecular flexibility index (Phi) is 4.74. The maximum Gasteiger partial charge on any atom is 0.330 e. The first-order valence-corrected chi connectivity index (χ1v) is 6.85.